The summed E-state index contributed by atoms with van der Waals surface area (Å²) in [5, 5.41) is 0. The summed E-state index contributed by atoms with van der Waals surface area (Å²) in [6.45, 7) is 0. The molecule has 3 nitrogen and oxygen atoms in total. The van der Waals surface area contributed by atoms with Gasteiger partial charge in [-0.25, -0.2) is 9.97 Å². The summed E-state index contributed by atoms with van der Waals surface area (Å²) < 4.78 is 1.47. The number of nitrogens with zero attached hydrogens (tertiary/aromatic N) is 3. The Morgan fingerprint density at radius 1 is 1.00 bits per heavy atom. The molecule has 0 atom stereocenters. The van der Waals surface area contributed by atoms with Gasteiger partial charge in [0.15, 0.2) is 5.82 Å². The van der Waals surface area contributed by atoms with Crippen LogP contribution in [0.4, 0.5) is 0 Å². The lowest BCUT2D eigenvalue weighted by Crippen LogP contribution is -1.92. The molecule has 5 heteroatoms. The maximum Gasteiger partial charge on any atom is 0.180 e. The first-order valence-corrected chi connectivity index (χ1v) is 5.46. The number of halogens is 2. The summed E-state index contributed by atoms with van der Waals surface area (Å²) in [5.41, 5.74) is 0.759. The zero-order chi connectivity index (χ0) is 9.97. The minimum absolute atomic E-state index is 0.604. The zero-order valence-corrected chi connectivity index (χ0v) is 10.2. The topological polar surface area (TPSA) is 38.7 Å². The van der Waals surface area contributed by atoms with E-state index in [4.69, 9.17) is 0 Å². The Kier molecular flexibility index (Phi) is 2.88. The van der Waals surface area contributed by atoms with E-state index >= 15 is 0 Å². The number of hydrogen-bond acceptors (Lipinski definition) is 3. The monoisotopic (exact) mass is 313 g/mol. The van der Waals surface area contributed by atoms with Gasteiger partial charge in [0.2, 0.25) is 0 Å². The van der Waals surface area contributed by atoms with Crippen LogP contribution in [0.25, 0.3) is 11.5 Å². The van der Waals surface area contributed by atoms with Crippen molar-refractivity contribution in [1.29, 1.82) is 0 Å². The zero-order valence-electron chi connectivity index (χ0n) is 6.98. The molecule has 0 N–H and O–H groups in total. The SMILES string of the molecule is Brc1cc(Br)nc(-c2ccccn2)n1. The standard InChI is InChI=1S/C9H5Br2N3/c10-7-5-8(11)14-9(13-7)6-3-1-2-4-12-6/h1-5H. The first kappa shape index (κ1) is 9.73. The Bertz CT molecular complexity index is 425. The van der Waals surface area contributed by atoms with Crippen LogP contribution in [0.2, 0.25) is 0 Å². The molecule has 0 spiro atoms. The second-order valence-electron chi connectivity index (χ2n) is 2.55. The highest BCUT2D eigenvalue weighted by atomic mass is 79.9. The van der Waals surface area contributed by atoms with E-state index in [0.29, 0.717) is 5.82 Å². The predicted octanol–water partition coefficient (Wildman–Crippen LogP) is 3.06. The summed E-state index contributed by atoms with van der Waals surface area (Å²) in [7, 11) is 0. The molecule has 0 amide bonds. The minimum Gasteiger partial charge on any atom is -0.253 e. The van der Waals surface area contributed by atoms with Gasteiger partial charge in [-0.3, -0.25) is 4.98 Å². The van der Waals surface area contributed by atoms with Crippen LogP contribution in [-0.4, -0.2) is 15.0 Å². The fourth-order valence-electron chi connectivity index (χ4n) is 1.000. The highest BCUT2D eigenvalue weighted by Gasteiger charge is 2.04. The van der Waals surface area contributed by atoms with Gasteiger partial charge in [0, 0.05) is 12.3 Å². The van der Waals surface area contributed by atoms with Crippen molar-refractivity contribution in [1.82, 2.24) is 15.0 Å². The molecule has 0 saturated heterocycles. The smallest absolute Gasteiger partial charge is 0.180 e. The van der Waals surface area contributed by atoms with Gasteiger partial charge in [-0.2, -0.15) is 0 Å². The highest BCUT2D eigenvalue weighted by molar-refractivity contribution is 9.11. The maximum absolute atomic E-state index is 4.22. The number of rotatable bonds is 1. The summed E-state index contributed by atoms with van der Waals surface area (Å²) in [6, 6.07) is 7.41. The van der Waals surface area contributed by atoms with Gasteiger partial charge in [-0.05, 0) is 44.0 Å². The molecule has 0 radical (unpaired) electrons. The molecule has 2 aromatic heterocycles. The quantitative estimate of drug-likeness (QED) is 0.759. The molecule has 2 rings (SSSR count). The van der Waals surface area contributed by atoms with Gasteiger partial charge in [-0.15, -0.1) is 0 Å². The molecule has 2 aromatic rings. The van der Waals surface area contributed by atoms with E-state index in [9.17, 15) is 0 Å². The van der Waals surface area contributed by atoms with Crippen molar-refractivity contribution in [3.05, 3.63) is 39.7 Å². The average molecular weight is 315 g/mol. The van der Waals surface area contributed by atoms with E-state index in [1.165, 1.54) is 0 Å². The highest BCUT2D eigenvalue weighted by Crippen LogP contribution is 2.18. The second kappa shape index (κ2) is 4.14. The van der Waals surface area contributed by atoms with E-state index in [1.807, 2.05) is 18.2 Å². The average Bonchev–Trinajstić information content (AvgIpc) is 2.18. The molecule has 70 valence electrons. The Balaban J connectivity index is 2.52. The van der Waals surface area contributed by atoms with Gasteiger partial charge in [0.1, 0.15) is 14.9 Å². The van der Waals surface area contributed by atoms with E-state index in [2.05, 4.69) is 46.8 Å². The molecule has 0 unspecified atom stereocenters. The van der Waals surface area contributed by atoms with Crippen molar-refractivity contribution in [2.24, 2.45) is 0 Å². The Morgan fingerprint density at radius 3 is 2.29 bits per heavy atom. The predicted molar refractivity (Wildman–Crippen MR) is 60.7 cm³/mol. The van der Waals surface area contributed by atoms with Crippen LogP contribution in [0.1, 0.15) is 0 Å². The third-order valence-electron chi connectivity index (χ3n) is 1.56. The lowest BCUT2D eigenvalue weighted by Gasteiger charge is -1.99. The van der Waals surface area contributed by atoms with Crippen molar-refractivity contribution < 1.29 is 0 Å². The van der Waals surface area contributed by atoms with Gasteiger partial charge < -0.3 is 0 Å². The Morgan fingerprint density at radius 2 is 1.71 bits per heavy atom. The van der Waals surface area contributed by atoms with Crippen molar-refractivity contribution in [3.63, 3.8) is 0 Å². The fraction of sp³-hybridized carbons (Fsp3) is 0. The first-order valence-electron chi connectivity index (χ1n) is 3.87. The Labute approximate surface area is 97.9 Å². The van der Waals surface area contributed by atoms with Gasteiger partial charge in [-0.1, -0.05) is 6.07 Å². The molecule has 0 aliphatic heterocycles. The van der Waals surface area contributed by atoms with Gasteiger partial charge in [0.05, 0.1) is 0 Å². The minimum atomic E-state index is 0.604. The van der Waals surface area contributed by atoms with Crippen molar-refractivity contribution in [3.8, 4) is 11.5 Å². The molecule has 2 heterocycles. The van der Waals surface area contributed by atoms with Crippen LogP contribution in [0, 0.1) is 0 Å². The largest absolute Gasteiger partial charge is 0.253 e. The van der Waals surface area contributed by atoms with E-state index in [1.54, 1.807) is 12.3 Å². The van der Waals surface area contributed by atoms with Gasteiger partial charge >= 0.3 is 0 Å². The molecular formula is C9H5Br2N3. The van der Waals surface area contributed by atoms with Crippen LogP contribution in [0.5, 0.6) is 0 Å². The molecule has 0 bridgehead atoms. The molecule has 0 aliphatic carbocycles. The summed E-state index contributed by atoms with van der Waals surface area (Å²) >= 11 is 6.60. The third kappa shape index (κ3) is 2.16. The van der Waals surface area contributed by atoms with E-state index < -0.39 is 0 Å². The normalized spacial score (nSPS) is 10.1. The van der Waals surface area contributed by atoms with Crippen LogP contribution >= 0.6 is 31.9 Å². The lowest BCUT2D eigenvalue weighted by molar-refractivity contribution is 1.10. The number of aromatic nitrogens is 3. The van der Waals surface area contributed by atoms with Crippen LogP contribution < -0.4 is 0 Å². The van der Waals surface area contributed by atoms with E-state index in [-0.39, 0.29) is 0 Å². The van der Waals surface area contributed by atoms with Crippen LogP contribution in [0.15, 0.2) is 39.7 Å². The van der Waals surface area contributed by atoms with Crippen LogP contribution in [0.3, 0.4) is 0 Å². The second-order valence-corrected chi connectivity index (χ2v) is 4.18. The molecular weight excluding hydrogens is 310 g/mol. The summed E-state index contributed by atoms with van der Waals surface area (Å²) in [5.74, 6) is 0.604. The summed E-state index contributed by atoms with van der Waals surface area (Å²) in [6.07, 6.45) is 1.72. The fourth-order valence-corrected chi connectivity index (χ4v) is 2.08. The Hall–Kier alpha value is -0.810. The molecule has 0 saturated carbocycles. The molecule has 0 aliphatic rings. The van der Waals surface area contributed by atoms with Crippen molar-refractivity contribution in [2.45, 2.75) is 0 Å². The molecule has 0 aromatic carbocycles. The van der Waals surface area contributed by atoms with Gasteiger partial charge in [0.25, 0.3) is 0 Å². The van der Waals surface area contributed by atoms with E-state index in [0.717, 1.165) is 14.9 Å². The number of hydrogen-bond donors (Lipinski definition) is 0. The third-order valence-corrected chi connectivity index (χ3v) is 2.37. The molecule has 14 heavy (non-hydrogen) atoms. The van der Waals surface area contributed by atoms with Crippen molar-refractivity contribution in [2.75, 3.05) is 0 Å². The lowest BCUT2D eigenvalue weighted by atomic mass is 10.3. The maximum atomic E-state index is 4.22. The van der Waals surface area contributed by atoms with Crippen LogP contribution in [-0.2, 0) is 0 Å². The van der Waals surface area contributed by atoms with Crippen molar-refractivity contribution >= 4 is 31.9 Å². The molecule has 0 fully saturated rings. The summed E-state index contributed by atoms with van der Waals surface area (Å²) in [4.78, 5) is 12.6. The first-order chi connectivity index (χ1) is 6.75. The number of pyridine rings is 1.